The Hall–Kier alpha value is -2.79. The number of hydrogen-bond donors (Lipinski definition) is 1. The molecule has 25 heavy (non-hydrogen) atoms. The monoisotopic (exact) mass is 347 g/mol. The summed E-state index contributed by atoms with van der Waals surface area (Å²) in [5, 5.41) is 2.88. The number of aromatic nitrogens is 2. The highest BCUT2D eigenvalue weighted by Crippen LogP contribution is 2.37. The first-order chi connectivity index (χ1) is 12.0. The number of anilines is 1. The van der Waals surface area contributed by atoms with Gasteiger partial charge in [-0.1, -0.05) is 0 Å². The number of amides is 1. The molecule has 1 aliphatic heterocycles. The average Bonchev–Trinajstić information content (AvgIpc) is 3.07. The van der Waals surface area contributed by atoms with Gasteiger partial charge in [0.25, 0.3) is 5.91 Å². The van der Waals surface area contributed by atoms with Crippen LogP contribution in [0.1, 0.15) is 26.6 Å². The van der Waals surface area contributed by atoms with Crippen molar-refractivity contribution in [3.8, 4) is 11.1 Å². The molecule has 3 aromatic rings. The zero-order valence-electron chi connectivity index (χ0n) is 14.3. The van der Waals surface area contributed by atoms with E-state index < -0.39 is 0 Å². The number of aryl methyl sites for hydroxylation is 3. The molecule has 0 saturated carbocycles. The Morgan fingerprint density at radius 3 is 2.52 bits per heavy atom. The Kier molecular flexibility index (Phi) is 3.73. The topological polar surface area (TPSA) is 54.9 Å². The van der Waals surface area contributed by atoms with Crippen molar-refractivity contribution >= 4 is 34.7 Å². The van der Waals surface area contributed by atoms with Crippen LogP contribution in [0.25, 0.3) is 22.8 Å². The van der Waals surface area contributed by atoms with Gasteiger partial charge in [0.1, 0.15) is 5.82 Å². The molecule has 3 aromatic heterocycles. The molecule has 4 rings (SSSR count). The van der Waals surface area contributed by atoms with Crippen molar-refractivity contribution in [1.29, 1.82) is 0 Å². The Labute approximate surface area is 150 Å². The minimum atomic E-state index is -0.0996. The number of carbonyl (C=O) groups excluding carboxylic acids is 1. The zero-order chi connectivity index (χ0) is 17.6. The number of pyridine rings is 2. The minimum absolute atomic E-state index is 0.0996. The lowest BCUT2D eigenvalue weighted by atomic mass is 10.0. The highest BCUT2D eigenvalue weighted by Gasteiger charge is 2.27. The van der Waals surface area contributed by atoms with E-state index in [0.29, 0.717) is 11.4 Å². The molecule has 0 spiro atoms. The summed E-state index contributed by atoms with van der Waals surface area (Å²) in [6.07, 6.45) is 5.48. The highest BCUT2D eigenvalue weighted by molar-refractivity contribution is 7.13. The van der Waals surface area contributed by atoms with E-state index in [1.807, 2.05) is 31.2 Å². The lowest BCUT2D eigenvalue weighted by Crippen LogP contribution is -2.04. The van der Waals surface area contributed by atoms with E-state index in [0.717, 1.165) is 27.3 Å². The number of thiophene rings is 1. The summed E-state index contributed by atoms with van der Waals surface area (Å²) in [7, 11) is 0. The van der Waals surface area contributed by atoms with Crippen molar-refractivity contribution in [2.45, 2.75) is 20.8 Å². The van der Waals surface area contributed by atoms with Crippen LogP contribution in [-0.2, 0) is 4.79 Å². The molecule has 1 aliphatic rings. The third-order valence-corrected chi connectivity index (χ3v) is 5.54. The highest BCUT2D eigenvalue weighted by atomic mass is 32.1. The fraction of sp³-hybridized carbons (Fsp3) is 0.150. The third-order valence-electron chi connectivity index (χ3n) is 4.44. The zero-order valence-corrected chi connectivity index (χ0v) is 15.1. The summed E-state index contributed by atoms with van der Waals surface area (Å²) in [6, 6.07) is 8.07. The molecule has 5 heteroatoms. The predicted molar refractivity (Wildman–Crippen MR) is 102 cm³/mol. The van der Waals surface area contributed by atoms with Crippen LogP contribution >= 0.6 is 11.3 Å². The van der Waals surface area contributed by atoms with Crippen LogP contribution < -0.4 is 5.32 Å². The van der Waals surface area contributed by atoms with Gasteiger partial charge in [-0.3, -0.25) is 9.78 Å². The van der Waals surface area contributed by atoms with Gasteiger partial charge in [-0.05, 0) is 62.2 Å². The first-order valence-corrected chi connectivity index (χ1v) is 8.87. The van der Waals surface area contributed by atoms with Crippen molar-refractivity contribution in [2.75, 3.05) is 5.32 Å². The van der Waals surface area contributed by atoms with Crippen LogP contribution in [0.5, 0.6) is 0 Å². The van der Waals surface area contributed by atoms with Gasteiger partial charge in [0.15, 0.2) is 0 Å². The minimum Gasteiger partial charge on any atom is -0.306 e. The lowest BCUT2D eigenvalue weighted by Gasteiger charge is -2.08. The first kappa shape index (κ1) is 15.7. The summed E-state index contributed by atoms with van der Waals surface area (Å²) in [5.74, 6) is 0.536. The molecule has 0 aliphatic carbocycles. The van der Waals surface area contributed by atoms with Crippen molar-refractivity contribution in [1.82, 2.24) is 9.97 Å². The van der Waals surface area contributed by atoms with E-state index in [9.17, 15) is 4.79 Å². The van der Waals surface area contributed by atoms with Gasteiger partial charge in [-0.2, -0.15) is 0 Å². The van der Waals surface area contributed by atoms with Gasteiger partial charge in [0.05, 0.1) is 5.57 Å². The fourth-order valence-electron chi connectivity index (χ4n) is 2.99. The van der Waals surface area contributed by atoms with Gasteiger partial charge in [0.2, 0.25) is 0 Å². The number of nitrogens with one attached hydrogen (secondary N) is 1. The van der Waals surface area contributed by atoms with E-state index >= 15 is 0 Å². The first-order valence-electron chi connectivity index (χ1n) is 8.05. The van der Waals surface area contributed by atoms with Crippen LogP contribution in [0, 0.1) is 20.8 Å². The molecule has 4 nitrogen and oxygen atoms in total. The molecule has 0 fully saturated rings. The SMILES string of the molecule is Cc1cc(C=C2C(=O)Nc3nc(C)c(-c4ccncc4)cc32)sc1C. The second-order valence-electron chi connectivity index (χ2n) is 6.15. The maximum Gasteiger partial charge on any atom is 0.257 e. The van der Waals surface area contributed by atoms with E-state index in [2.05, 4.69) is 35.2 Å². The predicted octanol–water partition coefficient (Wildman–Crippen LogP) is 4.62. The van der Waals surface area contributed by atoms with Crippen molar-refractivity contribution in [3.63, 3.8) is 0 Å². The number of hydrogen-bond acceptors (Lipinski definition) is 4. The molecule has 0 unspecified atom stereocenters. The van der Waals surface area contributed by atoms with Crippen molar-refractivity contribution < 1.29 is 4.79 Å². The summed E-state index contributed by atoms with van der Waals surface area (Å²) in [5.41, 5.74) is 5.71. The third kappa shape index (κ3) is 2.76. The smallest absolute Gasteiger partial charge is 0.257 e. The van der Waals surface area contributed by atoms with Crippen LogP contribution in [0.3, 0.4) is 0 Å². The van der Waals surface area contributed by atoms with Crippen LogP contribution in [0.2, 0.25) is 0 Å². The molecule has 0 bridgehead atoms. The van der Waals surface area contributed by atoms with Crippen molar-refractivity contribution in [3.05, 3.63) is 63.2 Å². The van der Waals surface area contributed by atoms with Gasteiger partial charge >= 0.3 is 0 Å². The van der Waals surface area contributed by atoms with Gasteiger partial charge in [0, 0.05) is 39.0 Å². The maximum atomic E-state index is 12.5. The van der Waals surface area contributed by atoms with Crippen LogP contribution in [0.4, 0.5) is 5.82 Å². The van der Waals surface area contributed by atoms with Crippen LogP contribution in [-0.4, -0.2) is 15.9 Å². The van der Waals surface area contributed by atoms with Crippen LogP contribution in [0.15, 0.2) is 36.7 Å². The molecule has 0 aromatic carbocycles. The number of fused-ring (bicyclic) bond motifs is 1. The van der Waals surface area contributed by atoms with E-state index in [-0.39, 0.29) is 5.91 Å². The number of rotatable bonds is 2. The molecular weight excluding hydrogens is 330 g/mol. The molecule has 4 heterocycles. The van der Waals surface area contributed by atoms with Crippen molar-refractivity contribution in [2.24, 2.45) is 0 Å². The Bertz CT molecular complexity index is 999. The Morgan fingerprint density at radius 2 is 1.84 bits per heavy atom. The van der Waals surface area contributed by atoms with E-state index in [1.54, 1.807) is 23.7 Å². The summed E-state index contributed by atoms with van der Waals surface area (Å²) < 4.78 is 0. The average molecular weight is 347 g/mol. The Morgan fingerprint density at radius 1 is 1.08 bits per heavy atom. The molecule has 0 radical (unpaired) electrons. The molecule has 124 valence electrons. The standard InChI is InChI=1S/C20H17N3OS/c1-11-8-15(25-13(11)3)9-18-17-10-16(14-4-6-21-7-5-14)12(2)22-19(17)23-20(18)24/h4-10H,1-3H3,(H,22,23,24). The van der Waals surface area contributed by atoms with E-state index in [4.69, 9.17) is 0 Å². The second kappa shape index (κ2) is 5.93. The fourth-order valence-corrected chi connectivity index (χ4v) is 3.97. The summed E-state index contributed by atoms with van der Waals surface area (Å²) in [4.78, 5) is 23.5. The molecule has 0 saturated heterocycles. The van der Waals surface area contributed by atoms with Gasteiger partial charge < -0.3 is 5.32 Å². The number of carbonyl (C=O) groups is 1. The molecule has 1 amide bonds. The normalized spacial score (nSPS) is 14.7. The molecule has 0 atom stereocenters. The molecular formula is C20H17N3OS. The van der Waals surface area contributed by atoms with Gasteiger partial charge in [-0.15, -0.1) is 11.3 Å². The van der Waals surface area contributed by atoms with E-state index in [1.165, 1.54) is 10.4 Å². The second-order valence-corrected chi connectivity index (χ2v) is 7.44. The Balaban J connectivity index is 1.85. The van der Waals surface area contributed by atoms with Gasteiger partial charge in [-0.25, -0.2) is 4.98 Å². The summed E-state index contributed by atoms with van der Waals surface area (Å²) in [6.45, 7) is 6.13. The number of nitrogens with zero attached hydrogens (tertiary/aromatic N) is 2. The quantitative estimate of drug-likeness (QED) is 0.688. The molecule has 1 N–H and O–H groups in total. The largest absolute Gasteiger partial charge is 0.306 e. The summed E-state index contributed by atoms with van der Waals surface area (Å²) >= 11 is 1.70. The maximum absolute atomic E-state index is 12.5. The lowest BCUT2D eigenvalue weighted by molar-refractivity contribution is -0.110.